The number of hydrogen-bond acceptors (Lipinski definition) is 5. The van der Waals surface area contributed by atoms with Crippen LogP contribution in [0, 0.1) is 10.1 Å². The SMILES string of the molecule is COc1ccc(/C=C2/NC(=S)NC2=O)cc1[N+](=O)[O-]. The second-order valence-electron chi connectivity index (χ2n) is 3.65. The number of nitro groups is 1. The summed E-state index contributed by atoms with van der Waals surface area (Å²) < 4.78 is 4.89. The van der Waals surface area contributed by atoms with E-state index in [1.165, 1.54) is 25.3 Å². The molecule has 1 aliphatic heterocycles. The Morgan fingerprint density at radius 3 is 2.68 bits per heavy atom. The van der Waals surface area contributed by atoms with Crippen LogP contribution < -0.4 is 15.4 Å². The third-order valence-electron chi connectivity index (χ3n) is 2.43. The predicted molar refractivity (Wildman–Crippen MR) is 71.5 cm³/mol. The molecule has 19 heavy (non-hydrogen) atoms. The zero-order valence-corrected chi connectivity index (χ0v) is 10.6. The molecule has 1 aliphatic rings. The van der Waals surface area contributed by atoms with Gasteiger partial charge in [-0.3, -0.25) is 20.2 Å². The first-order valence-corrected chi connectivity index (χ1v) is 5.58. The number of rotatable bonds is 3. The molecule has 1 aromatic carbocycles. The number of carbonyl (C=O) groups excluding carboxylic acids is 1. The highest BCUT2D eigenvalue weighted by atomic mass is 32.1. The van der Waals surface area contributed by atoms with Gasteiger partial charge in [0.25, 0.3) is 5.91 Å². The lowest BCUT2D eigenvalue weighted by molar-refractivity contribution is -0.385. The summed E-state index contributed by atoms with van der Waals surface area (Å²) in [5, 5.41) is 16.1. The third kappa shape index (κ3) is 2.68. The number of hydrogen-bond donors (Lipinski definition) is 2. The zero-order chi connectivity index (χ0) is 14.0. The van der Waals surface area contributed by atoms with E-state index in [9.17, 15) is 14.9 Å². The van der Waals surface area contributed by atoms with Crippen LogP contribution in [0.4, 0.5) is 5.69 Å². The summed E-state index contributed by atoms with van der Waals surface area (Å²) in [4.78, 5) is 21.8. The summed E-state index contributed by atoms with van der Waals surface area (Å²) in [6, 6.07) is 4.40. The molecular weight excluding hydrogens is 270 g/mol. The van der Waals surface area contributed by atoms with Crippen molar-refractivity contribution in [2.24, 2.45) is 0 Å². The average Bonchev–Trinajstić information content (AvgIpc) is 2.67. The van der Waals surface area contributed by atoms with Crippen LogP contribution in [0.25, 0.3) is 6.08 Å². The average molecular weight is 279 g/mol. The monoisotopic (exact) mass is 279 g/mol. The summed E-state index contributed by atoms with van der Waals surface area (Å²) in [7, 11) is 1.35. The number of thiocarbonyl (C=S) groups is 1. The highest BCUT2D eigenvalue weighted by molar-refractivity contribution is 7.80. The van der Waals surface area contributed by atoms with Crippen molar-refractivity contribution in [3.63, 3.8) is 0 Å². The van der Waals surface area contributed by atoms with Crippen LogP contribution in [0.1, 0.15) is 5.56 Å². The molecule has 8 heteroatoms. The molecule has 0 radical (unpaired) electrons. The Morgan fingerprint density at radius 2 is 2.16 bits per heavy atom. The molecule has 0 bridgehead atoms. The first-order chi connectivity index (χ1) is 9.01. The Kier molecular flexibility index (Phi) is 3.43. The van der Waals surface area contributed by atoms with Crippen molar-refractivity contribution in [2.45, 2.75) is 0 Å². The molecule has 0 unspecified atom stereocenters. The Morgan fingerprint density at radius 1 is 1.42 bits per heavy atom. The molecule has 0 atom stereocenters. The lowest BCUT2D eigenvalue weighted by atomic mass is 10.1. The van der Waals surface area contributed by atoms with E-state index in [4.69, 9.17) is 17.0 Å². The molecule has 0 aliphatic carbocycles. The maximum atomic E-state index is 11.4. The number of nitro benzene ring substituents is 1. The van der Waals surface area contributed by atoms with E-state index in [1.54, 1.807) is 6.07 Å². The highest BCUT2D eigenvalue weighted by Crippen LogP contribution is 2.28. The standard InChI is InChI=1S/C11H9N3O4S/c1-18-9-3-2-6(5-8(9)14(16)17)4-7-10(15)13-11(19)12-7/h2-5H,1H3,(H2,12,13,15,19)/b7-4+. The topological polar surface area (TPSA) is 93.5 Å². The molecule has 2 N–H and O–H groups in total. The minimum absolute atomic E-state index is 0.159. The van der Waals surface area contributed by atoms with Crippen molar-refractivity contribution < 1.29 is 14.5 Å². The van der Waals surface area contributed by atoms with Crippen LogP contribution in [-0.2, 0) is 4.79 Å². The summed E-state index contributed by atoms with van der Waals surface area (Å²) in [5.41, 5.74) is 0.567. The van der Waals surface area contributed by atoms with Gasteiger partial charge in [0, 0.05) is 6.07 Å². The number of amides is 1. The molecule has 0 aromatic heterocycles. The second-order valence-corrected chi connectivity index (χ2v) is 4.06. The van der Waals surface area contributed by atoms with Gasteiger partial charge in [0.2, 0.25) is 0 Å². The third-order valence-corrected chi connectivity index (χ3v) is 2.63. The van der Waals surface area contributed by atoms with Crippen molar-refractivity contribution in [2.75, 3.05) is 7.11 Å². The van der Waals surface area contributed by atoms with E-state index >= 15 is 0 Å². The van der Waals surface area contributed by atoms with Gasteiger partial charge in [-0.25, -0.2) is 0 Å². The summed E-state index contributed by atoms with van der Waals surface area (Å²) >= 11 is 4.78. The van der Waals surface area contributed by atoms with Crippen LogP contribution in [-0.4, -0.2) is 23.1 Å². The number of benzene rings is 1. The van der Waals surface area contributed by atoms with E-state index < -0.39 is 4.92 Å². The van der Waals surface area contributed by atoms with Crippen LogP contribution in [0.2, 0.25) is 0 Å². The molecule has 7 nitrogen and oxygen atoms in total. The van der Waals surface area contributed by atoms with Crippen molar-refractivity contribution in [1.82, 2.24) is 10.6 Å². The van der Waals surface area contributed by atoms with Gasteiger partial charge in [0.1, 0.15) is 5.70 Å². The minimum atomic E-state index is -0.548. The first-order valence-electron chi connectivity index (χ1n) is 5.17. The maximum Gasteiger partial charge on any atom is 0.311 e. The van der Waals surface area contributed by atoms with Crippen molar-refractivity contribution >= 4 is 35.0 Å². The van der Waals surface area contributed by atoms with Crippen LogP contribution >= 0.6 is 12.2 Å². The van der Waals surface area contributed by atoms with E-state index in [-0.39, 0.29) is 28.2 Å². The number of nitrogens with one attached hydrogen (secondary N) is 2. The molecule has 0 saturated carbocycles. The Hall–Kier alpha value is -2.48. The van der Waals surface area contributed by atoms with E-state index in [1.807, 2.05) is 0 Å². The van der Waals surface area contributed by atoms with Gasteiger partial charge < -0.3 is 10.1 Å². The van der Waals surface area contributed by atoms with E-state index in [0.29, 0.717) is 5.56 Å². The smallest absolute Gasteiger partial charge is 0.311 e. The number of ether oxygens (including phenoxy) is 1. The van der Waals surface area contributed by atoms with Crippen LogP contribution in [0.15, 0.2) is 23.9 Å². The molecule has 1 fully saturated rings. The van der Waals surface area contributed by atoms with E-state index in [2.05, 4.69) is 10.6 Å². The molecule has 1 heterocycles. The van der Waals surface area contributed by atoms with Crippen molar-refractivity contribution in [1.29, 1.82) is 0 Å². The molecule has 1 saturated heterocycles. The zero-order valence-electron chi connectivity index (χ0n) is 9.80. The Bertz CT molecular complexity index is 612. The van der Waals surface area contributed by atoms with Crippen LogP contribution in [0.5, 0.6) is 5.75 Å². The van der Waals surface area contributed by atoms with Crippen molar-refractivity contribution in [3.05, 3.63) is 39.6 Å². The number of methoxy groups -OCH3 is 1. The fourth-order valence-corrected chi connectivity index (χ4v) is 1.79. The normalized spacial score (nSPS) is 16.2. The quantitative estimate of drug-likeness (QED) is 0.370. The van der Waals surface area contributed by atoms with E-state index in [0.717, 1.165) is 0 Å². The molecule has 1 aromatic rings. The minimum Gasteiger partial charge on any atom is -0.490 e. The fourth-order valence-electron chi connectivity index (χ4n) is 1.59. The first kappa shape index (κ1) is 13.0. The van der Waals surface area contributed by atoms with Gasteiger partial charge in [-0.15, -0.1) is 0 Å². The van der Waals surface area contributed by atoms with Gasteiger partial charge in [-0.1, -0.05) is 6.07 Å². The molecule has 0 spiro atoms. The van der Waals surface area contributed by atoms with Gasteiger partial charge in [-0.05, 0) is 29.9 Å². The molecule has 2 rings (SSSR count). The predicted octanol–water partition coefficient (Wildman–Crippen LogP) is 0.949. The Balaban J connectivity index is 2.39. The molecule has 98 valence electrons. The largest absolute Gasteiger partial charge is 0.490 e. The summed E-state index contributed by atoms with van der Waals surface area (Å²) in [6.07, 6.45) is 1.47. The molecule has 1 amide bonds. The number of nitrogens with zero attached hydrogens (tertiary/aromatic N) is 1. The summed E-state index contributed by atoms with van der Waals surface area (Å²) in [5.74, 6) is -0.213. The lowest BCUT2D eigenvalue weighted by Gasteiger charge is -2.02. The fraction of sp³-hybridized carbons (Fsp3) is 0.0909. The van der Waals surface area contributed by atoms with Gasteiger partial charge in [0.05, 0.1) is 12.0 Å². The number of carbonyl (C=O) groups is 1. The van der Waals surface area contributed by atoms with Crippen LogP contribution in [0.3, 0.4) is 0 Å². The van der Waals surface area contributed by atoms with Gasteiger partial charge in [0.15, 0.2) is 10.9 Å². The van der Waals surface area contributed by atoms with Gasteiger partial charge in [-0.2, -0.15) is 0 Å². The van der Waals surface area contributed by atoms with Gasteiger partial charge >= 0.3 is 5.69 Å². The molecular formula is C11H9N3O4S. The maximum absolute atomic E-state index is 11.4. The van der Waals surface area contributed by atoms with Crippen molar-refractivity contribution in [3.8, 4) is 5.75 Å². The lowest BCUT2D eigenvalue weighted by Crippen LogP contribution is -2.21. The summed E-state index contributed by atoms with van der Waals surface area (Å²) in [6.45, 7) is 0. The Labute approximate surface area is 113 Å². The highest BCUT2D eigenvalue weighted by Gasteiger charge is 2.21. The second kappa shape index (κ2) is 5.02.